The van der Waals surface area contributed by atoms with E-state index >= 15 is 0 Å². The molecule has 0 aliphatic carbocycles. The van der Waals surface area contributed by atoms with Crippen LogP contribution in [0.25, 0.3) is 0 Å². The van der Waals surface area contributed by atoms with Gasteiger partial charge in [0.25, 0.3) is 0 Å². The summed E-state index contributed by atoms with van der Waals surface area (Å²) in [5, 5.41) is 0. The first-order valence-electron chi connectivity index (χ1n) is 5.42. The van der Waals surface area contributed by atoms with E-state index in [0.717, 1.165) is 5.56 Å². The van der Waals surface area contributed by atoms with Crippen LogP contribution in [-0.2, 0) is 11.3 Å². The summed E-state index contributed by atoms with van der Waals surface area (Å²) in [6.07, 6.45) is 1.38. The monoisotopic (exact) mass is 242 g/mol. The molecule has 0 saturated heterocycles. The fourth-order valence-corrected chi connectivity index (χ4v) is 1.37. The molecule has 4 nitrogen and oxygen atoms in total. The Morgan fingerprint density at radius 3 is 2.72 bits per heavy atom. The van der Waals surface area contributed by atoms with Gasteiger partial charge in [0.05, 0.1) is 12.7 Å². The Hall–Kier alpha value is -2.36. The predicted molar refractivity (Wildman–Crippen MR) is 65.2 cm³/mol. The van der Waals surface area contributed by atoms with Gasteiger partial charge in [-0.05, 0) is 5.56 Å². The van der Waals surface area contributed by atoms with Gasteiger partial charge in [0, 0.05) is 18.3 Å². The van der Waals surface area contributed by atoms with Crippen molar-refractivity contribution in [1.29, 1.82) is 0 Å². The van der Waals surface area contributed by atoms with Crippen LogP contribution >= 0.6 is 0 Å². The second-order valence-electron chi connectivity index (χ2n) is 3.56. The lowest BCUT2D eigenvalue weighted by atomic mass is 10.2. The summed E-state index contributed by atoms with van der Waals surface area (Å²) in [4.78, 5) is 15.2. The van der Waals surface area contributed by atoms with Crippen molar-refractivity contribution >= 4 is 5.97 Å². The number of benzene rings is 1. The van der Waals surface area contributed by atoms with E-state index in [1.807, 2.05) is 30.3 Å². The van der Waals surface area contributed by atoms with Gasteiger partial charge in [0.2, 0.25) is 5.88 Å². The van der Waals surface area contributed by atoms with Gasteiger partial charge in [-0.3, -0.25) is 0 Å². The van der Waals surface area contributed by atoms with E-state index in [1.54, 1.807) is 0 Å². The van der Waals surface area contributed by atoms with Crippen molar-refractivity contribution in [3.63, 3.8) is 0 Å². The quantitative estimate of drug-likeness (QED) is 0.771. The number of hydrogen-bond acceptors (Lipinski definition) is 4. The van der Waals surface area contributed by atoms with Gasteiger partial charge in [0.1, 0.15) is 6.61 Å². The molecule has 0 aliphatic heterocycles. The third-order valence-corrected chi connectivity index (χ3v) is 2.31. The standard InChI is InChI=1S/C14H12NO3/c1-17-14(16)12-7-8-13(15-9-12)18-10-11-5-3-2-4-6-11/h2-6,8-9H,10H2,1H3. The van der Waals surface area contributed by atoms with E-state index in [2.05, 4.69) is 15.8 Å². The lowest BCUT2D eigenvalue weighted by Crippen LogP contribution is -2.03. The Morgan fingerprint density at radius 1 is 1.33 bits per heavy atom. The minimum atomic E-state index is -0.461. The SMILES string of the molecule is COC(=O)c1[c]cc(OCc2ccccc2)nc1. The first kappa shape index (κ1) is 12.1. The average Bonchev–Trinajstić information content (AvgIpc) is 2.46. The molecular formula is C14H12NO3. The van der Waals surface area contributed by atoms with Crippen LogP contribution in [0.4, 0.5) is 0 Å². The maximum absolute atomic E-state index is 11.2. The summed E-state index contributed by atoms with van der Waals surface area (Å²) in [5.74, 6) is -0.0383. The molecule has 1 aromatic heterocycles. The van der Waals surface area contributed by atoms with Crippen molar-refractivity contribution in [2.24, 2.45) is 0 Å². The first-order chi connectivity index (χ1) is 8.79. The zero-order valence-corrected chi connectivity index (χ0v) is 9.92. The Bertz CT molecular complexity index is 508. The minimum absolute atomic E-state index is 0.282. The molecule has 1 heterocycles. The molecule has 2 rings (SSSR count). The van der Waals surface area contributed by atoms with E-state index < -0.39 is 5.97 Å². The molecular weight excluding hydrogens is 230 g/mol. The minimum Gasteiger partial charge on any atom is -0.473 e. The molecule has 18 heavy (non-hydrogen) atoms. The van der Waals surface area contributed by atoms with Crippen molar-refractivity contribution in [1.82, 2.24) is 4.98 Å². The maximum Gasteiger partial charge on any atom is 0.340 e. The van der Waals surface area contributed by atoms with Crippen LogP contribution < -0.4 is 4.74 Å². The van der Waals surface area contributed by atoms with Gasteiger partial charge in [-0.15, -0.1) is 0 Å². The lowest BCUT2D eigenvalue weighted by molar-refractivity contribution is 0.0599. The van der Waals surface area contributed by atoms with E-state index in [-0.39, 0.29) is 5.56 Å². The number of pyridine rings is 1. The van der Waals surface area contributed by atoms with Gasteiger partial charge in [0.15, 0.2) is 0 Å². The molecule has 0 fully saturated rings. The molecule has 0 atom stereocenters. The highest BCUT2D eigenvalue weighted by Gasteiger charge is 2.06. The second-order valence-corrected chi connectivity index (χ2v) is 3.56. The number of aromatic nitrogens is 1. The number of carbonyl (C=O) groups excluding carboxylic acids is 1. The summed E-state index contributed by atoms with van der Waals surface area (Å²) in [5.41, 5.74) is 1.33. The number of esters is 1. The van der Waals surface area contributed by atoms with Crippen molar-refractivity contribution < 1.29 is 14.3 Å². The number of hydrogen-bond donors (Lipinski definition) is 0. The van der Waals surface area contributed by atoms with Crippen LogP contribution in [0.15, 0.2) is 42.6 Å². The Morgan fingerprint density at radius 2 is 2.11 bits per heavy atom. The number of ether oxygens (including phenoxy) is 2. The summed E-state index contributed by atoms with van der Waals surface area (Å²) < 4.78 is 10.0. The highest BCUT2D eigenvalue weighted by Crippen LogP contribution is 2.10. The van der Waals surface area contributed by atoms with Crippen LogP contribution in [0, 0.1) is 6.07 Å². The molecule has 1 aromatic carbocycles. The average molecular weight is 242 g/mol. The van der Waals surface area contributed by atoms with E-state index in [9.17, 15) is 4.79 Å². The van der Waals surface area contributed by atoms with Crippen LogP contribution in [-0.4, -0.2) is 18.1 Å². The number of rotatable bonds is 4. The Kier molecular flexibility index (Phi) is 3.91. The molecule has 0 unspecified atom stereocenters. The Balaban J connectivity index is 1.97. The molecule has 0 spiro atoms. The lowest BCUT2D eigenvalue weighted by Gasteiger charge is -2.05. The highest BCUT2D eigenvalue weighted by molar-refractivity contribution is 5.88. The molecule has 0 saturated carbocycles. The molecule has 0 bridgehead atoms. The number of methoxy groups -OCH3 is 1. The molecule has 4 heteroatoms. The summed E-state index contributed by atoms with van der Waals surface area (Å²) in [6.45, 7) is 0.430. The largest absolute Gasteiger partial charge is 0.473 e. The molecule has 91 valence electrons. The normalized spacial score (nSPS) is 9.83. The van der Waals surface area contributed by atoms with Gasteiger partial charge >= 0.3 is 5.97 Å². The van der Waals surface area contributed by atoms with Crippen LogP contribution in [0.1, 0.15) is 15.9 Å². The smallest absolute Gasteiger partial charge is 0.340 e. The van der Waals surface area contributed by atoms with Crippen LogP contribution in [0.5, 0.6) is 5.88 Å². The Labute approximate surface area is 105 Å². The summed E-state index contributed by atoms with van der Waals surface area (Å²) in [7, 11) is 1.32. The summed E-state index contributed by atoms with van der Waals surface area (Å²) >= 11 is 0. The zero-order chi connectivity index (χ0) is 12.8. The van der Waals surface area contributed by atoms with E-state index in [4.69, 9.17) is 4.74 Å². The van der Waals surface area contributed by atoms with Crippen molar-refractivity contribution in [3.8, 4) is 5.88 Å². The molecule has 1 radical (unpaired) electrons. The van der Waals surface area contributed by atoms with Gasteiger partial charge in [-0.1, -0.05) is 30.3 Å². The van der Waals surface area contributed by atoms with Crippen LogP contribution in [0.3, 0.4) is 0 Å². The van der Waals surface area contributed by atoms with Gasteiger partial charge in [-0.2, -0.15) is 0 Å². The number of carbonyl (C=O) groups is 1. The molecule has 0 amide bonds. The first-order valence-corrected chi connectivity index (χ1v) is 5.42. The zero-order valence-electron chi connectivity index (χ0n) is 9.92. The van der Waals surface area contributed by atoms with Crippen molar-refractivity contribution in [2.75, 3.05) is 7.11 Å². The van der Waals surface area contributed by atoms with Crippen LogP contribution in [0.2, 0.25) is 0 Å². The second kappa shape index (κ2) is 5.82. The van der Waals surface area contributed by atoms with Crippen molar-refractivity contribution in [3.05, 3.63) is 59.8 Å². The summed E-state index contributed by atoms with van der Waals surface area (Å²) in [6, 6.07) is 14.0. The molecule has 2 aromatic rings. The fraction of sp³-hybridized carbons (Fsp3) is 0.143. The number of nitrogens with zero attached hydrogens (tertiary/aromatic N) is 1. The van der Waals surface area contributed by atoms with E-state index in [0.29, 0.717) is 12.5 Å². The fourth-order valence-electron chi connectivity index (χ4n) is 1.37. The van der Waals surface area contributed by atoms with E-state index in [1.165, 1.54) is 19.4 Å². The van der Waals surface area contributed by atoms with Crippen molar-refractivity contribution in [2.45, 2.75) is 6.61 Å². The molecule has 0 N–H and O–H groups in total. The predicted octanol–water partition coefficient (Wildman–Crippen LogP) is 2.25. The highest BCUT2D eigenvalue weighted by atomic mass is 16.5. The van der Waals surface area contributed by atoms with Gasteiger partial charge in [-0.25, -0.2) is 9.78 Å². The maximum atomic E-state index is 11.2. The topological polar surface area (TPSA) is 48.4 Å². The third kappa shape index (κ3) is 3.07. The third-order valence-electron chi connectivity index (χ3n) is 2.31. The molecule has 0 aliphatic rings. The van der Waals surface area contributed by atoms with Gasteiger partial charge < -0.3 is 9.47 Å².